The molecule has 0 aromatic heterocycles. The summed E-state index contributed by atoms with van der Waals surface area (Å²) < 4.78 is 0. The second-order valence-corrected chi connectivity index (χ2v) is 3.28. The fourth-order valence-electron chi connectivity index (χ4n) is 1.11. The van der Waals surface area contributed by atoms with Crippen LogP contribution < -0.4 is 29.6 Å². The van der Waals surface area contributed by atoms with Crippen molar-refractivity contribution in [2.75, 3.05) is 0 Å². The average molecular weight is 186 g/mol. The fourth-order valence-corrected chi connectivity index (χ4v) is 1.11. The third-order valence-corrected chi connectivity index (χ3v) is 1.96. The predicted molar refractivity (Wildman–Crippen MR) is 51.9 cm³/mol. The van der Waals surface area contributed by atoms with Crippen molar-refractivity contribution in [2.24, 2.45) is 11.8 Å². The van der Waals surface area contributed by atoms with Crippen LogP contribution in [0.1, 0.15) is 15.3 Å². The summed E-state index contributed by atoms with van der Waals surface area (Å²) in [6, 6.07) is 0. The number of rotatable bonds is 2. The molecule has 0 aliphatic heterocycles. The monoisotopic (exact) mass is 186 g/mol. The Morgan fingerprint density at radius 1 is 1.46 bits per heavy atom. The normalized spacial score (nSPS) is 20.5. The fraction of sp³-hybridized carbons (Fsp3) is 0.364. The number of carbonyl (C=O) groups excluding carboxylic acids is 1. The van der Waals surface area contributed by atoms with Crippen LogP contribution in [0.5, 0.6) is 0 Å². The number of aldehydes is 1. The molecule has 0 amide bonds. The summed E-state index contributed by atoms with van der Waals surface area (Å²) >= 11 is 0. The molecule has 0 saturated carbocycles. The van der Waals surface area contributed by atoms with Gasteiger partial charge < -0.3 is 6.22 Å². The van der Waals surface area contributed by atoms with E-state index in [0.29, 0.717) is 5.92 Å². The minimum Gasteiger partial charge on any atom is -1.00 e. The molecule has 0 heterocycles. The third kappa shape index (κ3) is 4.08. The molecule has 1 rings (SSSR count). The molecule has 13 heavy (non-hydrogen) atoms. The molecule has 0 fully saturated rings. The van der Waals surface area contributed by atoms with Crippen molar-refractivity contribution >= 4 is 6.29 Å². The van der Waals surface area contributed by atoms with Crippen LogP contribution in [0.2, 0.25) is 0 Å². The van der Waals surface area contributed by atoms with Crippen molar-refractivity contribution < 1.29 is 35.8 Å². The second-order valence-electron chi connectivity index (χ2n) is 3.28. The molecule has 0 aromatic rings. The van der Waals surface area contributed by atoms with E-state index in [4.69, 9.17) is 0 Å². The van der Waals surface area contributed by atoms with E-state index in [2.05, 4.69) is 19.9 Å². The zero-order chi connectivity index (χ0) is 8.97. The summed E-state index contributed by atoms with van der Waals surface area (Å²) in [5, 5.41) is 0. The van der Waals surface area contributed by atoms with Crippen molar-refractivity contribution in [1.82, 2.24) is 0 Å². The zero-order valence-electron chi connectivity index (χ0n) is 9.53. The van der Waals surface area contributed by atoms with E-state index in [1.807, 2.05) is 24.3 Å². The summed E-state index contributed by atoms with van der Waals surface area (Å²) in [7, 11) is 0. The van der Waals surface area contributed by atoms with Gasteiger partial charge in [-0.2, -0.15) is 0 Å². The first-order chi connectivity index (χ1) is 5.74. The van der Waals surface area contributed by atoms with Crippen molar-refractivity contribution in [3.8, 4) is 0 Å². The first kappa shape index (κ1) is 12.9. The molecule has 0 saturated heterocycles. The van der Waals surface area contributed by atoms with Crippen LogP contribution in [0, 0.1) is 11.8 Å². The van der Waals surface area contributed by atoms with E-state index in [-0.39, 0.29) is 36.9 Å². The van der Waals surface area contributed by atoms with Crippen molar-refractivity contribution in [1.29, 1.82) is 0 Å². The van der Waals surface area contributed by atoms with Crippen LogP contribution in [0.25, 0.3) is 0 Å². The third-order valence-electron chi connectivity index (χ3n) is 1.96. The van der Waals surface area contributed by atoms with E-state index in [0.717, 1.165) is 6.29 Å². The van der Waals surface area contributed by atoms with E-state index in [9.17, 15) is 4.79 Å². The molecular weight excluding hydrogens is 171 g/mol. The molecule has 0 bridgehead atoms. The van der Waals surface area contributed by atoms with Gasteiger partial charge in [-0.25, -0.2) is 0 Å². The number of carbonyl (C=O) groups is 1. The van der Waals surface area contributed by atoms with Gasteiger partial charge in [0.1, 0.15) is 6.29 Å². The SMILES string of the molecule is CC(C)C1=CC=CC(C=O)C=C1.[H-].[Na+]. The van der Waals surface area contributed by atoms with Crippen molar-refractivity contribution in [2.45, 2.75) is 13.8 Å². The molecule has 0 radical (unpaired) electrons. The maximum absolute atomic E-state index is 10.5. The van der Waals surface area contributed by atoms with Gasteiger partial charge in [0, 0.05) is 0 Å². The first-order valence-corrected chi connectivity index (χ1v) is 4.26. The van der Waals surface area contributed by atoms with Gasteiger partial charge in [0.25, 0.3) is 0 Å². The van der Waals surface area contributed by atoms with Gasteiger partial charge in [0.15, 0.2) is 0 Å². The van der Waals surface area contributed by atoms with Gasteiger partial charge >= 0.3 is 29.6 Å². The van der Waals surface area contributed by atoms with Crippen LogP contribution in [-0.2, 0) is 4.79 Å². The Morgan fingerprint density at radius 2 is 2.15 bits per heavy atom. The zero-order valence-corrected chi connectivity index (χ0v) is 10.5. The first-order valence-electron chi connectivity index (χ1n) is 4.26. The molecule has 0 spiro atoms. The number of hydrogen-bond acceptors (Lipinski definition) is 1. The van der Waals surface area contributed by atoms with E-state index in [1.54, 1.807) is 0 Å². The van der Waals surface area contributed by atoms with E-state index >= 15 is 0 Å². The molecule has 1 atom stereocenters. The molecule has 0 N–H and O–H groups in total. The number of hydrogen-bond donors (Lipinski definition) is 0. The molecule has 66 valence electrons. The Bertz CT molecular complexity index is 254. The molecule has 0 aromatic carbocycles. The Labute approximate surface area is 103 Å². The quantitative estimate of drug-likeness (QED) is 0.424. The average Bonchev–Trinajstić information content (AvgIpc) is 2.28. The molecule has 1 unspecified atom stereocenters. The van der Waals surface area contributed by atoms with Gasteiger partial charge in [0.05, 0.1) is 5.92 Å². The largest absolute Gasteiger partial charge is 1.00 e. The van der Waals surface area contributed by atoms with E-state index in [1.165, 1.54) is 5.57 Å². The van der Waals surface area contributed by atoms with Gasteiger partial charge in [-0.1, -0.05) is 44.2 Å². The maximum Gasteiger partial charge on any atom is 1.00 e. The Balaban J connectivity index is 0. The summed E-state index contributed by atoms with van der Waals surface area (Å²) in [6.45, 7) is 4.29. The van der Waals surface area contributed by atoms with Crippen molar-refractivity contribution in [3.05, 3.63) is 36.0 Å². The maximum atomic E-state index is 10.5. The molecule has 2 heteroatoms. The van der Waals surface area contributed by atoms with Gasteiger partial charge in [0.2, 0.25) is 0 Å². The number of allylic oxidation sites excluding steroid dienone is 6. The summed E-state index contributed by atoms with van der Waals surface area (Å²) in [5.74, 6) is 0.480. The summed E-state index contributed by atoms with van der Waals surface area (Å²) in [5.41, 5.74) is 1.27. The van der Waals surface area contributed by atoms with Gasteiger partial charge in [-0.15, -0.1) is 0 Å². The predicted octanol–water partition coefficient (Wildman–Crippen LogP) is -0.374. The van der Waals surface area contributed by atoms with Crippen molar-refractivity contribution in [3.63, 3.8) is 0 Å². The molecule has 1 aliphatic rings. The molecule has 1 aliphatic carbocycles. The molecule has 1 nitrogen and oxygen atoms in total. The summed E-state index contributed by atoms with van der Waals surface area (Å²) in [4.78, 5) is 10.5. The van der Waals surface area contributed by atoms with Crippen LogP contribution in [0.15, 0.2) is 36.0 Å². The van der Waals surface area contributed by atoms with Gasteiger partial charge in [-0.3, -0.25) is 0 Å². The van der Waals surface area contributed by atoms with Gasteiger partial charge in [-0.05, 0) is 11.5 Å². The smallest absolute Gasteiger partial charge is 1.00 e. The van der Waals surface area contributed by atoms with Crippen LogP contribution >= 0.6 is 0 Å². The standard InChI is InChI=1S/C11H14O.Na.H/c1-9(2)11-5-3-4-10(8-12)6-7-11;;/h3-10H,1-2H3;;/q;+1;-1. The van der Waals surface area contributed by atoms with Crippen LogP contribution in [0.3, 0.4) is 0 Å². The van der Waals surface area contributed by atoms with Crippen LogP contribution in [0.4, 0.5) is 0 Å². The Hall–Kier alpha value is -0.110. The second kappa shape index (κ2) is 6.36. The molecular formula is C11H15NaO. The van der Waals surface area contributed by atoms with Crippen LogP contribution in [-0.4, -0.2) is 6.29 Å². The summed E-state index contributed by atoms with van der Waals surface area (Å²) in [6.07, 6.45) is 10.8. The topological polar surface area (TPSA) is 17.1 Å². The Morgan fingerprint density at radius 3 is 2.69 bits per heavy atom. The van der Waals surface area contributed by atoms with E-state index < -0.39 is 0 Å². The Kier molecular flexibility index (Phi) is 6.31. The minimum atomic E-state index is -0.0440. The minimum absolute atomic E-state index is 0.